The van der Waals surface area contributed by atoms with Crippen molar-refractivity contribution in [1.82, 2.24) is 0 Å². The van der Waals surface area contributed by atoms with E-state index < -0.39 is 0 Å². The Kier molecular flexibility index (Phi) is 5.11. The predicted octanol–water partition coefficient (Wildman–Crippen LogP) is 3.67. The summed E-state index contributed by atoms with van der Waals surface area (Å²) in [5, 5.41) is 2.66. The molecule has 0 saturated carbocycles. The van der Waals surface area contributed by atoms with Crippen LogP contribution in [0.3, 0.4) is 0 Å². The van der Waals surface area contributed by atoms with Gasteiger partial charge in [0.05, 0.1) is 0 Å². The summed E-state index contributed by atoms with van der Waals surface area (Å²) in [5.74, 6) is 0.255. The second-order valence-corrected chi connectivity index (χ2v) is 5.26. The fraction of sp³-hybridized carbons (Fsp3) is 0.125. The summed E-state index contributed by atoms with van der Waals surface area (Å²) in [6, 6.07) is 14.1. The van der Waals surface area contributed by atoms with Crippen LogP contribution in [0.4, 0.5) is 5.69 Å². The van der Waals surface area contributed by atoms with Gasteiger partial charge in [-0.3, -0.25) is 9.59 Å². The molecular weight excluding hydrogens is 334 g/mol. The maximum atomic E-state index is 12.1. The van der Waals surface area contributed by atoms with E-state index in [1.165, 1.54) is 6.92 Å². The quantitative estimate of drug-likeness (QED) is 0.839. The first-order valence-electron chi connectivity index (χ1n) is 6.34. The Labute approximate surface area is 131 Å². The fourth-order valence-electron chi connectivity index (χ4n) is 1.78. The molecule has 0 aliphatic rings. The fourth-order valence-corrected chi connectivity index (χ4v) is 2.29. The molecule has 2 rings (SSSR count). The third kappa shape index (κ3) is 4.43. The van der Waals surface area contributed by atoms with Gasteiger partial charge in [0.25, 0.3) is 0 Å². The molecule has 21 heavy (non-hydrogen) atoms. The maximum Gasteiger partial charge on any atom is 0.221 e. The van der Waals surface area contributed by atoms with E-state index in [1.54, 1.807) is 36.4 Å². The molecule has 1 amide bonds. The zero-order chi connectivity index (χ0) is 15.2. The van der Waals surface area contributed by atoms with Gasteiger partial charge in [0.1, 0.15) is 5.75 Å². The molecule has 2 aromatic rings. The summed E-state index contributed by atoms with van der Waals surface area (Å²) in [6.45, 7) is 1.37. The zero-order valence-corrected chi connectivity index (χ0v) is 13.0. The molecule has 0 saturated heterocycles. The summed E-state index contributed by atoms with van der Waals surface area (Å²) in [6.07, 6.45) is 0. The molecule has 0 aliphatic heterocycles. The average molecular weight is 348 g/mol. The Morgan fingerprint density at radius 1 is 1.14 bits per heavy atom. The standard InChI is InChI=1S/C16H14BrNO3/c1-11(19)18-12-5-4-6-13(9-12)21-10-16(20)14-7-2-3-8-15(14)17/h2-9H,10H2,1H3,(H,18,19). The molecule has 1 N–H and O–H groups in total. The van der Waals surface area contributed by atoms with Gasteiger partial charge in [-0.1, -0.05) is 40.2 Å². The molecule has 5 heteroatoms. The van der Waals surface area contributed by atoms with Gasteiger partial charge in [0.15, 0.2) is 6.61 Å². The molecule has 0 atom stereocenters. The Morgan fingerprint density at radius 3 is 2.62 bits per heavy atom. The van der Waals surface area contributed by atoms with E-state index >= 15 is 0 Å². The van der Waals surface area contributed by atoms with Crippen molar-refractivity contribution in [3.63, 3.8) is 0 Å². The van der Waals surface area contributed by atoms with Crippen molar-refractivity contribution in [3.05, 3.63) is 58.6 Å². The molecular formula is C16H14BrNO3. The Balaban J connectivity index is 2.01. The number of ether oxygens (including phenoxy) is 1. The van der Waals surface area contributed by atoms with Crippen LogP contribution in [-0.2, 0) is 4.79 Å². The molecule has 0 aliphatic carbocycles. The first-order valence-corrected chi connectivity index (χ1v) is 7.14. The van der Waals surface area contributed by atoms with Crippen LogP contribution < -0.4 is 10.1 Å². The van der Waals surface area contributed by atoms with Crippen LogP contribution in [0.2, 0.25) is 0 Å². The number of rotatable bonds is 5. The monoisotopic (exact) mass is 347 g/mol. The molecule has 0 unspecified atom stereocenters. The summed E-state index contributed by atoms with van der Waals surface area (Å²) in [7, 11) is 0. The molecule has 0 heterocycles. The number of hydrogen-bond donors (Lipinski definition) is 1. The van der Waals surface area contributed by atoms with Gasteiger partial charge in [0.2, 0.25) is 11.7 Å². The van der Waals surface area contributed by atoms with E-state index in [9.17, 15) is 9.59 Å². The normalized spacial score (nSPS) is 10.0. The Hall–Kier alpha value is -2.14. The highest BCUT2D eigenvalue weighted by Crippen LogP contribution is 2.19. The highest BCUT2D eigenvalue weighted by atomic mass is 79.9. The van der Waals surface area contributed by atoms with E-state index in [2.05, 4.69) is 21.2 Å². The minimum Gasteiger partial charge on any atom is -0.485 e. The summed E-state index contributed by atoms with van der Waals surface area (Å²) in [4.78, 5) is 23.1. The lowest BCUT2D eigenvalue weighted by Gasteiger charge is -2.08. The van der Waals surface area contributed by atoms with E-state index in [1.807, 2.05) is 12.1 Å². The lowest BCUT2D eigenvalue weighted by molar-refractivity contribution is -0.114. The molecule has 2 aromatic carbocycles. The number of ketones is 1. The lowest BCUT2D eigenvalue weighted by atomic mass is 10.1. The van der Waals surface area contributed by atoms with Gasteiger partial charge < -0.3 is 10.1 Å². The van der Waals surface area contributed by atoms with Gasteiger partial charge in [-0.05, 0) is 18.2 Å². The van der Waals surface area contributed by atoms with Gasteiger partial charge in [-0.15, -0.1) is 0 Å². The molecule has 0 radical (unpaired) electrons. The van der Waals surface area contributed by atoms with Gasteiger partial charge in [0, 0.05) is 28.7 Å². The van der Waals surface area contributed by atoms with Crippen molar-refractivity contribution in [3.8, 4) is 5.75 Å². The number of nitrogens with one attached hydrogen (secondary N) is 1. The summed E-state index contributed by atoms with van der Waals surface area (Å²) >= 11 is 3.34. The van der Waals surface area contributed by atoms with Crippen molar-refractivity contribution in [2.75, 3.05) is 11.9 Å². The first-order chi connectivity index (χ1) is 10.1. The third-order valence-electron chi connectivity index (χ3n) is 2.70. The number of amides is 1. The van der Waals surface area contributed by atoms with Crippen LogP contribution in [0.5, 0.6) is 5.75 Å². The molecule has 0 aromatic heterocycles. The van der Waals surface area contributed by atoms with Gasteiger partial charge in [-0.2, -0.15) is 0 Å². The second-order valence-electron chi connectivity index (χ2n) is 4.40. The predicted molar refractivity (Wildman–Crippen MR) is 84.7 cm³/mol. The summed E-state index contributed by atoms with van der Waals surface area (Å²) in [5.41, 5.74) is 1.21. The molecule has 0 bridgehead atoms. The van der Waals surface area contributed by atoms with Gasteiger partial charge >= 0.3 is 0 Å². The van der Waals surface area contributed by atoms with E-state index in [4.69, 9.17) is 4.74 Å². The SMILES string of the molecule is CC(=O)Nc1cccc(OCC(=O)c2ccccc2Br)c1. The Bertz CT molecular complexity index is 670. The largest absolute Gasteiger partial charge is 0.485 e. The molecule has 108 valence electrons. The van der Waals surface area contributed by atoms with Crippen LogP contribution in [-0.4, -0.2) is 18.3 Å². The Morgan fingerprint density at radius 2 is 1.90 bits per heavy atom. The summed E-state index contributed by atoms with van der Waals surface area (Å²) < 4.78 is 6.22. The van der Waals surface area contributed by atoms with Crippen molar-refractivity contribution in [2.24, 2.45) is 0 Å². The topological polar surface area (TPSA) is 55.4 Å². The lowest BCUT2D eigenvalue weighted by Crippen LogP contribution is -2.12. The molecule has 0 spiro atoms. The molecule has 0 fully saturated rings. The number of hydrogen-bond acceptors (Lipinski definition) is 3. The van der Waals surface area contributed by atoms with E-state index in [0.29, 0.717) is 17.0 Å². The van der Waals surface area contributed by atoms with Crippen LogP contribution in [0, 0.1) is 0 Å². The van der Waals surface area contributed by atoms with Crippen molar-refractivity contribution in [1.29, 1.82) is 0 Å². The van der Waals surface area contributed by atoms with E-state index in [-0.39, 0.29) is 18.3 Å². The minimum absolute atomic E-state index is 0.0634. The maximum absolute atomic E-state index is 12.1. The highest BCUT2D eigenvalue weighted by molar-refractivity contribution is 9.10. The average Bonchev–Trinajstić information content (AvgIpc) is 2.45. The van der Waals surface area contributed by atoms with Crippen LogP contribution in [0.25, 0.3) is 0 Å². The second kappa shape index (κ2) is 7.04. The minimum atomic E-state index is -0.156. The number of carbonyl (C=O) groups excluding carboxylic acids is 2. The number of halogens is 1. The van der Waals surface area contributed by atoms with Crippen molar-refractivity contribution < 1.29 is 14.3 Å². The van der Waals surface area contributed by atoms with Crippen LogP contribution in [0.1, 0.15) is 17.3 Å². The van der Waals surface area contributed by atoms with Crippen LogP contribution in [0.15, 0.2) is 53.0 Å². The van der Waals surface area contributed by atoms with E-state index in [0.717, 1.165) is 4.47 Å². The molecule has 4 nitrogen and oxygen atoms in total. The number of Topliss-reactive ketones (excluding diaryl/α,β-unsaturated/α-hetero) is 1. The zero-order valence-electron chi connectivity index (χ0n) is 11.4. The van der Waals surface area contributed by atoms with Crippen LogP contribution >= 0.6 is 15.9 Å². The van der Waals surface area contributed by atoms with Crippen molar-refractivity contribution in [2.45, 2.75) is 6.92 Å². The van der Waals surface area contributed by atoms with Crippen molar-refractivity contribution >= 4 is 33.3 Å². The number of carbonyl (C=O) groups is 2. The smallest absolute Gasteiger partial charge is 0.221 e. The van der Waals surface area contributed by atoms with Gasteiger partial charge in [-0.25, -0.2) is 0 Å². The first kappa shape index (κ1) is 15.3. The number of anilines is 1. The third-order valence-corrected chi connectivity index (χ3v) is 3.39. The highest BCUT2D eigenvalue weighted by Gasteiger charge is 2.10. The number of benzene rings is 2.